The predicted molar refractivity (Wildman–Crippen MR) is 354 cm³/mol. The topological polar surface area (TPSA) is 108 Å². The number of nitrogens with zero attached hydrogens (tertiary/aromatic N) is 1. The van der Waals surface area contributed by atoms with Crippen LogP contribution in [-0.4, -0.2) is 87.4 Å². The first-order valence-corrected chi connectivity index (χ1v) is 32.6. The minimum absolute atomic E-state index is 0.176. The Balaban J connectivity index is 4.13. The molecule has 0 bridgehead atoms. The number of aliphatic carboxylic acids is 1. The maximum atomic E-state index is 12.9. The van der Waals surface area contributed by atoms with Crippen LogP contribution < -0.4 is 0 Å². The Morgan fingerprint density at radius 1 is 0.361 bits per heavy atom. The fraction of sp³-hybridized carbons (Fsp3) is 0.608. The molecule has 0 aliphatic heterocycles. The van der Waals surface area contributed by atoms with Crippen LogP contribution in [0.2, 0.25) is 0 Å². The highest BCUT2D eigenvalue weighted by atomic mass is 16.7. The lowest BCUT2D eigenvalue weighted by Crippen LogP contribution is -2.40. The maximum Gasteiger partial charge on any atom is 0.361 e. The first-order valence-electron chi connectivity index (χ1n) is 32.6. The predicted octanol–water partition coefficient (Wildman–Crippen LogP) is 20.1. The Labute approximate surface area is 508 Å². The van der Waals surface area contributed by atoms with Crippen molar-refractivity contribution in [1.82, 2.24) is 0 Å². The van der Waals surface area contributed by atoms with E-state index in [1.807, 2.05) is 21.1 Å². The monoisotopic (exact) mass is 1150 g/mol. The second kappa shape index (κ2) is 62.9. The van der Waals surface area contributed by atoms with Gasteiger partial charge >= 0.3 is 17.9 Å². The number of unbranched alkanes of at least 4 members (excludes halogenated alkanes) is 17. The fourth-order valence-corrected chi connectivity index (χ4v) is 8.35. The molecule has 1 N–H and O–H groups in total. The molecule has 0 rings (SSSR count). The van der Waals surface area contributed by atoms with Gasteiger partial charge in [-0.25, -0.2) is 4.79 Å². The van der Waals surface area contributed by atoms with Crippen molar-refractivity contribution in [3.05, 3.63) is 158 Å². The van der Waals surface area contributed by atoms with Gasteiger partial charge in [0.2, 0.25) is 0 Å². The number of esters is 2. The van der Waals surface area contributed by atoms with Crippen LogP contribution in [0.15, 0.2) is 158 Å². The molecule has 0 amide bonds. The highest BCUT2D eigenvalue weighted by Crippen LogP contribution is 2.15. The molecular weight excluding hydrogens is 1030 g/mol. The number of carboxylic acids is 1. The molecule has 83 heavy (non-hydrogen) atoms. The minimum Gasteiger partial charge on any atom is -0.477 e. The number of likely N-dealkylation sites (N-methyl/N-ethyl adjacent to an activating group) is 1. The molecule has 9 nitrogen and oxygen atoms in total. The summed E-state index contributed by atoms with van der Waals surface area (Å²) < 4.78 is 22.9. The molecule has 0 saturated carbocycles. The summed E-state index contributed by atoms with van der Waals surface area (Å²) in [5, 5.41) is 9.72. The molecule has 0 aromatic carbocycles. The van der Waals surface area contributed by atoms with Gasteiger partial charge in [-0.1, -0.05) is 255 Å². The second-order valence-electron chi connectivity index (χ2n) is 22.3. The van der Waals surface area contributed by atoms with Crippen LogP contribution in [0.25, 0.3) is 0 Å². The lowest BCUT2D eigenvalue weighted by atomic mass is 10.0. The zero-order valence-electron chi connectivity index (χ0n) is 53.3. The van der Waals surface area contributed by atoms with Crippen molar-refractivity contribution in [2.75, 3.05) is 47.5 Å². The SMILES string of the molecule is CC/C=C\C/C=C\C/C=C\C/C=C\C/C=C\C/C=C\C/C=C\C/C=C\C/C=C\CCCCCCCCCCCCCCCC(=O)OC(COC(=O)CCCCCC/C=C\C/C=C\C/C=C\C/C=C\CC)COC(OCC[N+](C)(C)C)C(=O)O. The Morgan fingerprint density at radius 3 is 0.964 bits per heavy atom. The van der Waals surface area contributed by atoms with Crippen molar-refractivity contribution in [2.45, 2.75) is 245 Å². The van der Waals surface area contributed by atoms with Gasteiger partial charge in [0, 0.05) is 12.8 Å². The first-order chi connectivity index (χ1) is 40.6. The summed E-state index contributed by atoms with van der Waals surface area (Å²) >= 11 is 0. The van der Waals surface area contributed by atoms with E-state index in [9.17, 15) is 19.5 Å². The maximum absolute atomic E-state index is 12.9. The minimum atomic E-state index is -1.53. The van der Waals surface area contributed by atoms with Crippen LogP contribution in [0, 0.1) is 0 Å². The number of hydrogen-bond donors (Lipinski definition) is 1. The van der Waals surface area contributed by atoms with E-state index < -0.39 is 24.3 Å². The van der Waals surface area contributed by atoms with Crippen LogP contribution in [0.1, 0.15) is 232 Å². The summed E-state index contributed by atoms with van der Waals surface area (Å²) in [7, 11) is 5.95. The molecule has 2 atom stereocenters. The van der Waals surface area contributed by atoms with Gasteiger partial charge < -0.3 is 28.5 Å². The van der Waals surface area contributed by atoms with E-state index in [1.54, 1.807) is 0 Å². The molecule has 468 valence electrons. The summed E-state index contributed by atoms with van der Waals surface area (Å²) in [4.78, 5) is 37.5. The second-order valence-corrected chi connectivity index (χ2v) is 22.3. The highest BCUT2D eigenvalue weighted by molar-refractivity contribution is 5.71. The van der Waals surface area contributed by atoms with Crippen LogP contribution in [-0.2, 0) is 33.3 Å². The lowest BCUT2D eigenvalue weighted by Gasteiger charge is -2.25. The van der Waals surface area contributed by atoms with Gasteiger partial charge in [0.25, 0.3) is 6.29 Å². The van der Waals surface area contributed by atoms with E-state index in [2.05, 4.69) is 172 Å². The molecule has 0 fully saturated rings. The standard InChI is InChI=1S/C74H119NO8/c1-6-8-10-12-14-16-18-20-22-24-25-26-27-28-29-30-31-32-33-34-35-36-37-38-39-40-41-42-43-44-45-46-47-49-51-53-55-57-59-61-63-65-72(77)83-70(69-82-74(73(78)79)80-67-66-75(3,4)5)68-81-71(76)64-62-60-58-56-54-52-50-48-23-21-19-17-15-13-11-9-7-2/h8-11,14-17,20-23,25-26,28-29,31-32,34-35,37-38,40-41,50,52,70,74H,6-7,12-13,18-19,24,27,30,33,36,39,42-49,51,53-69H2,1-5H3/p+1/b10-8-,11-9-,16-14-,17-15-,22-20-,23-21-,26-25-,29-28-,32-31-,35-34-,38-37-,41-40-,52-50-. The van der Waals surface area contributed by atoms with Gasteiger partial charge in [0.1, 0.15) is 13.2 Å². The van der Waals surface area contributed by atoms with Crippen molar-refractivity contribution in [1.29, 1.82) is 0 Å². The molecule has 0 aliphatic rings. The van der Waals surface area contributed by atoms with Gasteiger partial charge in [-0.3, -0.25) is 9.59 Å². The third kappa shape index (κ3) is 64.3. The van der Waals surface area contributed by atoms with E-state index in [4.69, 9.17) is 18.9 Å². The Kier molecular flexibility index (Phi) is 59.1. The average molecular weight is 1150 g/mol. The smallest absolute Gasteiger partial charge is 0.361 e. The number of carboxylic acid groups (broad SMARTS) is 1. The number of allylic oxidation sites excluding steroid dienone is 26. The highest BCUT2D eigenvalue weighted by Gasteiger charge is 2.25. The summed E-state index contributed by atoms with van der Waals surface area (Å²) in [5.74, 6) is -2.05. The molecule has 2 unspecified atom stereocenters. The third-order valence-corrected chi connectivity index (χ3v) is 13.3. The van der Waals surface area contributed by atoms with Crippen LogP contribution in [0.4, 0.5) is 0 Å². The number of quaternary nitrogens is 1. The van der Waals surface area contributed by atoms with E-state index in [-0.39, 0.29) is 38.6 Å². The zero-order chi connectivity index (χ0) is 60.5. The molecule has 0 aliphatic carbocycles. The van der Waals surface area contributed by atoms with Gasteiger partial charge in [-0.2, -0.15) is 0 Å². The van der Waals surface area contributed by atoms with E-state index >= 15 is 0 Å². The van der Waals surface area contributed by atoms with Crippen molar-refractivity contribution in [3.8, 4) is 0 Å². The zero-order valence-corrected chi connectivity index (χ0v) is 53.3. The lowest BCUT2D eigenvalue weighted by molar-refractivity contribution is -0.870. The molecule has 0 heterocycles. The van der Waals surface area contributed by atoms with E-state index in [0.29, 0.717) is 23.9 Å². The molecule has 9 heteroatoms. The van der Waals surface area contributed by atoms with Gasteiger partial charge in [-0.05, 0) is 122 Å². The van der Waals surface area contributed by atoms with Crippen LogP contribution in [0.3, 0.4) is 0 Å². The molecular formula is C74H120NO8+. The van der Waals surface area contributed by atoms with E-state index in [1.165, 1.54) is 64.2 Å². The largest absolute Gasteiger partial charge is 0.477 e. The van der Waals surface area contributed by atoms with Gasteiger partial charge in [-0.15, -0.1) is 0 Å². The number of hydrogen-bond acceptors (Lipinski definition) is 7. The number of ether oxygens (including phenoxy) is 4. The molecule has 0 aromatic rings. The normalized spacial score (nSPS) is 13.8. The molecule has 0 radical (unpaired) electrons. The van der Waals surface area contributed by atoms with Gasteiger partial charge in [0.15, 0.2) is 6.10 Å². The van der Waals surface area contributed by atoms with Crippen LogP contribution >= 0.6 is 0 Å². The van der Waals surface area contributed by atoms with Crippen LogP contribution in [0.5, 0.6) is 0 Å². The number of rotatable bonds is 58. The Bertz CT molecular complexity index is 1920. The Hall–Kier alpha value is -5.09. The van der Waals surface area contributed by atoms with E-state index in [0.717, 1.165) is 128 Å². The molecule has 0 aromatic heterocycles. The third-order valence-electron chi connectivity index (χ3n) is 13.3. The Morgan fingerprint density at radius 2 is 0.651 bits per heavy atom. The molecule has 0 saturated heterocycles. The fourth-order valence-electron chi connectivity index (χ4n) is 8.35. The average Bonchev–Trinajstić information content (AvgIpc) is 3.46. The quantitative estimate of drug-likeness (QED) is 0.0211. The number of carbonyl (C=O) groups is 3. The molecule has 0 spiro atoms. The number of carbonyl (C=O) groups excluding carboxylic acids is 2. The van der Waals surface area contributed by atoms with Crippen molar-refractivity contribution >= 4 is 17.9 Å². The summed E-state index contributed by atoms with van der Waals surface area (Å²) in [6, 6.07) is 0. The van der Waals surface area contributed by atoms with Gasteiger partial charge in [0.05, 0.1) is 34.4 Å². The summed E-state index contributed by atoms with van der Waals surface area (Å²) in [5.41, 5.74) is 0. The van der Waals surface area contributed by atoms with Crippen molar-refractivity contribution < 1.29 is 42.9 Å². The summed E-state index contributed by atoms with van der Waals surface area (Å²) in [6.45, 7) is 4.60. The van der Waals surface area contributed by atoms with Crippen molar-refractivity contribution in [2.24, 2.45) is 0 Å². The first kappa shape index (κ1) is 77.9. The van der Waals surface area contributed by atoms with Crippen molar-refractivity contribution in [3.63, 3.8) is 0 Å². The summed E-state index contributed by atoms with van der Waals surface area (Å²) in [6.07, 6.45) is 90.6.